The summed E-state index contributed by atoms with van der Waals surface area (Å²) in [4.78, 5) is 16.1. The number of carbonyl (C=O) groups excluding carboxylic acids is 1. The number of nitrogens with zero attached hydrogens (tertiary/aromatic N) is 1. The number of benzene rings is 3. The first-order valence-electron chi connectivity index (χ1n) is 12.8. The van der Waals surface area contributed by atoms with E-state index in [0.717, 1.165) is 12.8 Å². The van der Waals surface area contributed by atoms with E-state index in [1.807, 2.05) is 0 Å². The third kappa shape index (κ3) is 5.10. The molecule has 3 aromatic rings. The van der Waals surface area contributed by atoms with Gasteiger partial charge in [-0.2, -0.15) is 0 Å². The van der Waals surface area contributed by atoms with Crippen molar-refractivity contribution >= 4 is 39.9 Å². The number of ether oxygens (including phenoxy) is 1. The zero-order valence-electron chi connectivity index (χ0n) is 22.3. The quantitative estimate of drug-likeness (QED) is 0.324. The Morgan fingerprint density at radius 3 is 2.30 bits per heavy atom. The van der Waals surface area contributed by atoms with Gasteiger partial charge in [0.25, 0.3) is 5.91 Å². The summed E-state index contributed by atoms with van der Waals surface area (Å²) in [5, 5.41) is 21.6. The predicted octanol–water partition coefficient (Wildman–Crippen LogP) is 5.74. The van der Waals surface area contributed by atoms with Crippen LogP contribution < -0.4 is 0 Å². The fourth-order valence-electron chi connectivity index (χ4n) is 5.17. The minimum Gasteiger partial charge on any atom is -0.396 e. The molecule has 0 radical (unpaired) electrons. The van der Waals surface area contributed by atoms with E-state index < -0.39 is 39.3 Å². The molecule has 1 fully saturated rings. The Labute approximate surface area is 245 Å². The van der Waals surface area contributed by atoms with E-state index in [2.05, 4.69) is 0 Å². The lowest BCUT2D eigenvalue weighted by atomic mass is 9.88. The Morgan fingerprint density at radius 1 is 1.07 bits per heavy atom. The van der Waals surface area contributed by atoms with Gasteiger partial charge in [-0.3, -0.25) is 13.9 Å². The monoisotopic (exact) mass is 605 g/mol. The highest BCUT2D eigenvalue weighted by Gasteiger charge is 2.56. The van der Waals surface area contributed by atoms with E-state index in [9.17, 15) is 19.2 Å². The number of carbonyl (C=O) groups is 1. The minimum absolute atomic E-state index is 0.00898. The van der Waals surface area contributed by atoms with E-state index in [1.165, 1.54) is 37.1 Å². The van der Waals surface area contributed by atoms with Crippen molar-refractivity contribution in [2.45, 2.75) is 49.5 Å². The highest BCUT2D eigenvalue weighted by Crippen LogP contribution is 2.52. The lowest BCUT2D eigenvalue weighted by molar-refractivity contribution is -0.130. The fourth-order valence-corrected chi connectivity index (χ4v) is 6.33. The van der Waals surface area contributed by atoms with Crippen molar-refractivity contribution in [3.8, 4) is 0 Å². The number of amides is 1. The molecule has 1 amide bonds. The summed E-state index contributed by atoms with van der Waals surface area (Å²) in [6, 6.07) is 14.3. The third-order valence-corrected chi connectivity index (χ3v) is 9.26. The zero-order valence-corrected chi connectivity index (χ0v) is 24.7. The molecular formula is C30H30Cl2FNO5S. The molecule has 212 valence electrons. The molecule has 2 aliphatic rings. The van der Waals surface area contributed by atoms with Crippen LogP contribution in [0.25, 0.3) is 0 Å². The Balaban J connectivity index is 1.77. The second kappa shape index (κ2) is 10.5. The van der Waals surface area contributed by atoms with Gasteiger partial charge in [-0.25, -0.2) is 4.39 Å². The number of fused-ring (bicyclic) bond motifs is 1. The van der Waals surface area contributed by atoms with E-state index in [-0.39, 0.29) is 36.4 Å². The normalized spacial score (nSPS) is 20.5. The second-order valence-electron chi connectivity index (χ2n) is 11.1. The van der Waals surface area contributed by atoms with Crippen LogP contribution in [-0.2, 0) is 33.4 Å². The van der Waals surface area contributed by atoms with Crippen molar-refractivity contribution in [3.63, 3.8) is 0 Å². The van der Waals surface area contributed by atoms with Crippen LogP contribution in [-0.4, -0.2) is 44.7 Å². The molecule has 0 bridgehead atoms. The summed E-state index contributed by atoms with van der Waals surface area (Å²) in [5.41, 5.74) is -2.33. The molecule has 3 aromatic carbocycles. The summed E-state index contributed by atoms with van der Waals surface area (Å²) >= 11 is 12.4. The summed E-state index contributed by atoms with van der Waals surface area (Å²) < 4.78 is 35.6. The Morgan fingerprint density at radius 2 is 1.73 bits per heavy atom. The number of hydrogen-bond donors (Lipinski definition) is 2. The number of aliphatic hydroxyl groups excluding tert-OH is 1. The van der Waals surface area contributed by atoms with Crippen molar-refractivity contribution in [1.29, 1.82) is 0 Å². The SMILES string of the molecule is C[S@](=O)c1cc(Cl)ccc1CN1C(=O)c2cc(C(C)(C)O)cc(F)c2[C@]1(OCC1(CO)CC1)c1ccc(Cl)cc1. The third-order valence-electron chi connectivity index (χ3n) is 7.77. The molecule has 10 heteroatoms. The van der Waals surface area contributed by atoms with Crippen molar-refractivity contribution in [3.05, 3.63) is 98.3 Å². The van der Waals surface area contributed by atoms with Gasteiger partial charge in [0.1, 0.15) is 5.82 Å². The van der Waals surface area contributed by atoms with Gasteiger partial charge in [0.15, 0.2) is 5.72 Å². The first-order chi connectivity index (χ1) is 18.8. The average molecular weight is 607 g/mol. The standard InChI is InChI=1S/C30H30Cl2FNO5S/c1-28(2,37)20-12-23-26(24(33)13-20)30(19-5-8-21(31)9-6-19,39-17-29(16-35)10-11-29)34(27(23)36)15-18-4-7-22(32)14-25(18)40(3)38/h4-9,12-14,35,37H,10-11,15-17H2,1-3H3/t30-,40+/m1/s1. The van der Waals surface area contributed by atoms with Gasteiger partial charge < -0.3 is 14.9 Å². The van der Waals surface area contributed by atoms with Crippen molar-refractivity contribution < 1.29 is 28.3 Å². The van der Waals surface area contributed by atoms with E-state index in [1.54, 1.807) is 42.5 Å². The lowest BCUT2D eigenvalue weighted by Gasteiger charge is -2.40. The van der Waals surface area contributed by atoms with Crippen LogP contribution in [0.15, 0.2) is 59.5 Å². The number of rotatable bonds is 9. The predicted molar refractivity (Wildman–Crippen MR) is 152 cm³/mol. The average Bonchev–Trinajstić information content (AvgIpc) is 3.64. The maximum Gasteiger partial charge on any atom is 0.257 e. The summed E-state index contributed by atoms with van der Waals surface area (Å²) in [6.45, 7) is 2.91. The molecule has 1 aliphatic heterocycles. The van der Waals surface area contributed by atoms with Crippen LogP contribution >= 0.6 is 23.2 Å². The maximum absolute atomic E-state index is 16.3. The molecule has 0 aromatic heterocycles. The van der Waals surface area contributed by atoms with Crippen molar-refractivity contribution in [2.75, 3.05) is 19.5 Å². The number of aliphatic hydroxyl groups is 2. The highest BCUT2D eigenvalue weighted by molar-refractivity contribution is 7.84. The van der Waals surface area contributed by atoms with Crippen LogP contribution in [0.3, 0.4) is 0 Å². The van der Waals surface area contributed by atoms with E-state index in [4.69, 9.17) is 27.9 Å². The highest BCUT2D eigenvalue weighted by atomic mass is 35.5. The van der Waals surface area contributed by atoms with Gasteiger partial charge in [-0.05, 0) is 74.2 Å². The smallest absolute Gasteiger partial charge is 0.257 e. The van der Waals surface area contributed by atoms with Crippen LogP contribution in [0.2, 0.25) is 10.0 Å². The van der Waals surface area contributed by atoms with Crippen LogP contribution in [0.1, 0.15) is 59.3 Å². The van der Waals surface area contributed by atoms with Gasteiger partial charge in [-0.15, -0.1) is 0 Å². The van der Waals surface area contributed by atoms with Gasteiger partial charge in [-0.1, -0.05) is 41.4 Å². The van der Waals surface area contributed by atoms with Crippen LogP contribution in [0.4, 0.5) is 4.39 Å². The molecule has 1 saturated carbocycles. The molecule has 40 heavy (non-hydrogen) atoms. The Hall–Kier alpha value is -2.33. The fraction of sp³-hybridized carbons (Fsp3) is 0.367. The molecule has 5 rings (SSSR count). The molecule has 1 aliphatic carbocycles. The number of halogens is 3. The van der Waals surface area contributed by atoms with Crippen molar-refractivity contribution in [2.24, 2.45) is 5.41 Å². The summed E-state index contributed by atoms with van der Waals surface area (Å²) in [5.74, 6) is -1.24. The minimum atomic E-state index is -1.74. The molecular weight excluding hydrogens is 576 g/mol. The van der Waals surface area contributed by atoms with Crippen LogP contribution in [0.5, 0.6) is 0 Å². The van der Waals surface area contributed by atoms with Gasteiger partial charge in [0.2, 0.25) is 0 Å². The van der Waals surface area contributed by atoms with Gasteiger partial charge in [0, 0.05) is 32.2 Å². The molecule has 2 N–H and O–H groups in total. The molecule has 6 nitrogen and oxygen atoms in total. The van der Waals surface area contributed by atoms with Gasteiger partial charge >= 0.3 is 0 Å². The van der Waals surface area contributed by atoms with Gasteiger partial charge in [0.05, 0.1) is 47.3 Å². The first kappa shape index (κ1) is 29.2. The topological polar surface area (TPSA) is 87.1 Å². The summed E-state index contributed by atoms with van der Waals surface area (Å²) in [6.07, 6.45) is 2.99. The Kier molecular flexibility index (Phi) is 7.66. The zero-order chi connectivity index (χ0) is 29.0. The molecule has 0 spiro atoms. The van der Waals surface area contributed by atoms with Crippen molar-refractivity contribution in [1.82, 2.24) is 4.90 Å². The second-order valence-corrected chi connectivity index (χ2v) is 13.4. The lowest BCUT2D eigenvalue weighted by Crippen LogP contribution is -2.48. The molecule has 0 unspecified atom stereocenters. The number of hydrogen-bond acceptors (Lipinski definition) is 5. The summed E-state index contributed by atoms with van der Waals surface area (Å²) in [7, 11) is -1.43. The van der Waals surface area contributed by atoms with E-state index >= 15 is 4.39 Å². The molecule has 1 heterocycles. The van der Waals surface area contributed by atoms with E-state index in [0.29, 0.717) is 26.1 Å². The molecule has 2 atom stereocenters. The molecule has 0 saturated heterocycles. The Bertz CT molecular complexity index is 1500. The van der Waals surface area contributed by atoms with Crippen LogP contribution in [0, 0.1) is 11.2 Å². The maximum atomic E-state index is 16.3. The first-order valence-corrected chi connectivity index (χ1v) is 15.1. The largest absolute Gasteiger partial charge is 0.396 e.